The van der Waals surface area contributed by atoms with Gasteiger partial charge in [0.1, 0.15) is 24.1 Å². The Labute approximate surface area is 150 Å². The minimum absolute atomic E-state index is 0.690. The van der Waals surface area contributed by atoms with Crippen molar-refractivity contribution in [3.8, 4) is 11.5 Å². The molecule has 0 fully saturated rings. The van der Waals surface area contributed by atoms with Gasteiger partial charge in [-0.2, -0.15) is 0 Å². The van der Waals surface area contributed by atoms with E-state index in [-0.39, 0.29) is 0 Å². The average molecular weight is 436 g/mol. The lowest BCUT2D eigenvalue weighted by Gasteiger charge is -2.07. The predicted octanol–water partition coefficient (Wildman–Crippen LogP) is 5.35. The molecule has 0 aliphatic carbocycles. The SMILES string of the molecule is O=C/C=C(\Br)c1ccc(Oc2ccc(/C(Br)=C/C=O)cc2)cc1. The third-order valence-corrected chi connectivity index (χ3v) is 4.37. The molecule has 23 heavy (non-hydrogen) atoms. The molecule has 2 rings (SSSR count). The summed E-state index contributed by atoms with van der Waals surface area (Å²) in [5, 5.41) is 0. The van der Waals surface area contributed by atoms with Crippen LogP contribution in [-0.4, -0.2) is 12.6 Å². The predicted molar refractivity (Wildman–Crippen MR) is 98.9 cm³/mol. The molecule has 0 spiro atoms. The van der Waals surface area contributed by atoms with Crippen molar-refractivity contribution in [1.82, 2.24) is 0 Å². The summed E-state index contributed by atoms with van der Waals surface area (Å²) >= 11 is 6.65. The maximum Gasteiger partial charge on any atom is 0.143 e. The Morgan fingerprint density at radius 3 is 1.35 bits per heavy atom. The molecule has 0 heterocycles. The standard InChI is InChI=1S/C18H12Br2O3/c19-17(9-11-21)13-1-5-15(6-2-13)23-16-7-3-14(4-8-16)18(20)10-12-22/h1-12H/b17-9-,18-10-. The zero-order chi connectivity index (χ0) is 16.7. The van der Waals surface area contributed by atoms with Gasteiger partial charge in [-0.25, -0.2) is 0 Å². The Morgan fingerprint density at radius 1 is 0.696 bits per heavy atom. The maximum absolute atomic E-state index is 10.5. The summed E-state index contributed by atoms with van der Waals surface area (Å²) in [7, 11) is 0. The van der Waals surface area contributed by atoms with Crippen LogP contribution in [0.1, 0.15) is 11.1 Å². The van der Waals surface area contributed by atoms with E-state index in [1.807, 2.05) is 48.5 Å². The summed E-state index contributed by atoms with van der Waals surface area (Å²) in [6.07, 6.45) is 4.35. The van der Waals surface area contributed by atoms with E-state index in [0.717, 1.165) is 32.7 Å². The van der Waals surface area contributed by atoms with Crippen LogP contribution in [0.5, 0.6) is 11.5 Å². The first-order chi connectivity index (χ1) is 11.1. The Hall–Kier alpha value is -1.98. The second-order valence-corrected chi connectivity index (χ2v) is 6.16. The number of allylic oxidation sites excluding steroid dienone is 2. The molecular weight excluding hydrogens is 424 g/mol. The first-order valence-corrected chi connectivity index (χ1v) is 8.23. The number of hydrogen-bond donors (Lipinski definition) is 0. The molecule has 0 atom stereocenters. The fraction of sp³-hybridized carbons (Fsp3) is 0. The van der Waals surface area contributed by atoms with Crippen molar-refractivity contribution < 1.29 is 14.3 Å². The van der Waals surface area contributed by atoms with Gasteiger partial charge in [0.15, 0.2) is 0 Å². The van der Waals surface area contributed by atoms with Gasteiger partial charge in [0.05, 0.1) is 0 Å². The van der Waals surface area contributed by atoms with E-state index in [0.29, 0.717) is 11.5 Å². The van der Waals surface area contributed by atoms with Crippen LogP contribution in [0.2, 0.25) is 0 Å². The van der Waals surface area contributed by atoms with E-state index in [2.05, 4.69) is 31.9 Å². The summed E-state index contributed by atoms with van der Waals surface area (Å²) in [5.41, 5.74) is 1.78. The van der Waals surface area contributed by atoms with E-state index >= 15 is 0 Å². The molecule has 2 aromatic carbocycles. The van der Waals surface area contributed by atoms with Crippen molar-refractivity contribution in [3.05, 3.63) is 71.8 Å². The van der Waals surface area contributed by atoms with Crippen LogP contribution >= 0.6 is 31.9 Å². The van der Waals surface area contributed by atoms with Crippen LogP contribution in [-0.2, 0) is 9.59 Å². The fourth-order valence-corrected chi connectivity index (χ4v) is 2.56. The molecule has 3 nitrogen and oxygen atoms in total. The third-order valence-electron chi connectivity index (χ3n) is 2.92. The molecule has 0 radical (unpaired) electrons. The van der Waals surface area contributed by atoms with Crippen LogP contribution in [0.15, 0.2) is 60.7 Å². The van der Waals surface area contributed by atoms with Crippen molar-refractivity contribution in [2.45, 2.75) is 0 Å². The molecule has 0 saturated heterocycles. The number of hydrogen-bond acceptors (Lipinski definition) is 3. The topological polar surface area (TPSA) is 43.4 Å². The van der Waals surface area contributed by atoms with Gasteiger partial charge < -0.3 is 4.74 Å². The van der Waals surface area contributed by atoms with E-state index in [9.17, 15) is 9.59 Å². The summed E-state index contributed by atoms with van der Waals surface area (Å²) in [6.45, 7) is 0. The number of benzene rings is 2. The molecule has 2 aromatic rings. The molecule has 0 unspecified atom stereocenters. The van der Waals surface area contributed by atoms with Gasteiger partial charge in [-0.1, -0.05) is 56.1 Å². The minimum atomic E-state index is 0.690. The highest BCUT2D eigenvalue weighted by atomic mass is 79.9. The van der Waals surface area contributed by atoms with Crippen molar-refractivity contribution in [2.24, 2.45) is 0 Å². The average Bonchev–Trinajstić information content (AvgIpc) is 2.56. The molecule has 0 saturated carbocycles. The van der Waals surface area contributed by atoms with Crippen molar-refractivity contribution in [2.75, 3.05) is 0 Å². The Balaban J connectivity index is 2.10. The number of aldehydes is 2. The van der Waals surface area contributed by atoms with Crippen LogP contribution in [0.3, 0.4) is 0 Å². The van der Waals surface area contributed by atoms with Crippen LogP contribution in [0.4, 0.5) is 0 Å². The Kier molecular flexibility index (Phi) is 6.50. The second kappa shape index (κ2) is 8.60. The molecule has 0 bridgehead atoms. The minimum Gasteiger partial charge on any atom is -0.457 e. The smallest absolute Gasteiger partial charge is 0.143 e. The molecule has 0 aliphatic rings. The second-order valence-electron chi connectivity index (χ2n) is 4.45. The Morgan fingerprint density at radius 2 is 1.04 bits per heavy atom. The van der Waals surface area contributed by atoms with E-state index in [1.165, 1.54) is 12.2 Å². The zero-order valence-corrected chi connectivity index (χ0v) is 15.1. The normalized spacial score (nSPS) is 11.9. The van der Waals surface area contributed by atoms with Gasteiger partial charge in [0.2, 0.25) is 0 Å². The quantitative estimate of drug-likeness (QED) is 0.453. The first-order valence-electron chi connectivity index (χ1n) is 6.64. The van der Waals surface area contributed by atoms with Gasteiger partial charge >= 0.3 is 0 Å². The lowest BCUT2D eigenvalue weighted by Crippen LogP contribution is -1.86. The van der Waals surface area contributed by atoms with Gasteiger partial charge in [-0.15, -0.1) is 0 Å². The van der Waals surface area contributed by atoms with Gasteiger partial charge in [0.25, 0.3) is 0 Å². The van der Waals surface area contributed by atoms with Gasteiger partial charge in [0, 0.05) is 8.96 Å². The summed E-state index contributed by atoms with van der Waals surface area (Å²) < 4.78 is 7.19. The van der Waals surface area contributed by atoms with Crippen LogP contribution in [0.25, 0.3) is 8.96 Å². The highest BCUT2D eigenvalue weighted by molar-refractivity contribution is 9.15. The molecule has 0 N–H and O–H groups in total. The van der Waals surface area contributed by atoms with Gasteiger partial charge in [-0.05, 0) is 47.5 Å². The third kappa shape index (κ3) is 5.01. The Bertz CT molecular complexity index is 679. The van der Waals surface area contributed by atoms with E-state index in [1.54, 1.807) is 0 Å². The van der Waals surface area contributed by atoms with Crippen LogP contribution in [0, 0.1) is 0 Å². The lowest BCUT2D eigenvalue weighted by molar-refractivity contribution is -0.104. The molecule has 5 heteroatoms. The highest BCUT2D eigenvalue weighted by Crippen LogP contribution is 2.28. The number of rotatable bonds is 6. The monoisotopic (exact) mass is 434 g/mol. The first kappa shape index (κ1) is 17.4. The summed E-state index contributed by atoms with van der Waals surface area (Å²) in [6, 6.07) is 14.7. The van der Waals surface area contributed by atoms with Crippen molar-refractivity contribution in [1.29, 1.82) is 0 Å². The number of halogens is 2. The number of ether oxygens (including phenoxy) is 1. The van der Waals surface area contributed by atoms with E-state index < -0.39 is 0 Å². The molecular formula is C18H12Br2O3. The molecule has 116 valence electrons. The molecule has 0 aromatic heterocycles. The fourth-order valence-electron chi connectivity index (χ4n) is 1.81. The maximum atomic E-state index is 10.5. The summed E-state index contributed by atoms with van der Waals surface area (Å²) in [5.74, 6) is 1.38. The van der Waals surface area contributed by atoms with Gasteiger partial charge in [-0.3, -0.25) is 9.59 Å². The number of carbonyl (C=O) groups excluding carboxylic acids is 2. The van der Waals surface area contributed by atoms with Crippen molar-refractivity contribution >= 4 is 53.4 Å². The molecule has 0 amide bonds. The largest absolute Gasteiger partial charge is 0.457 e. The number of carbonyl (C=O) groups is 2. The van der Waals surface area contributed by atoms with E-state index in [4.69, 9.17) is 4.74 Å². The molecule has 0 aliphatic heterocycles. The van der Waals surface area contributed by atoms with Crippen LogP contribution < -0.4 is 4.74 Å². The van der Waals surface area contributed by atoms with Crippen molar-refractivity contribution in [3.63, 3.8) is 0 Å². The summed E-state index contributed by atoms with van der Waals surface area (Å²) in [4.78, 5) is 20.9. The zero-order valence-electron chi connectivity index (χ0n) is 11.9. The lowest BCUT2D eigenvalue weighted by atomic mass is 10.2. The highest BCUT2D eigenvalue weighted by Gasteiger charge is 2.02.